The highest BCUT2D eigenvalue weighted by Gasteiger charge is 2.16. The van der Waals surface area contributed by atoms with E-state index in [1.165, 1.54) is 6.42 Å². The lowest BCUT2D eigenvalue weighted by Gasteiger charge is -2.25. The van der Waals surface area contributed by atoms with Crippen LogP contribution >= 0.6 is 13.5 Å². The Morgan fingerprint density at radius 3 is 1.56 bits per heavy atom. The van der Waals surface area contributed by atoms with Gasteiger partial charge in [-0.3, -0.25) is 0 Å². The molecule has 1 heteroatoms. The second-order valence-electron chi connectivity index (χ2n) is 3.68. The van der Waals surface area contributed by atoms with Gasteiger partial charge in [-0.2, -0.15) is 13.5 Å². The molecular weight excluding hydrogens is 128 g/mol. The van der Waals surface area contributed by atoms with Crippen LogP contribution in [0.4, 0.5) is 0 Å². The molecule has 0 heterocycles. The van der Waals surface area contributed by atoms with E-state index in [9.17, 15) is 0 Å². The van der Waals surface area contributed by atoms with Crippen LogP contribution in [0.3, 0.4) is 0 Å². The average molecular weight is 148 g/mol. The molecule has 0 unspecified atom stereocenters. The molecule has 58 valence electrons. The molecule has 0 aliphatic rings. The first-order chi connectivity index (χ1) is 3.48. The molecule has 0 aromatic heterocycles. The van der Waals surface area contributed by atoms with Crippen molar-refractivity contribution in [1.29, 1.82) is 0 Å². The maximum absolute atomic E-state index is 2.31. The van der Waals surface area contributed by atoms with Gasteiger partial charge in [-0.25, -0.2) is 0 Å². The molecule has 0 amide bonds. The Hall–Kier alpha value is 0.350. The van der Waals surface area contributed by atoms with Gasteiger partial charge in [0.2, 0.25) is 0 Å². The Bertz CT molecular complexity index is 61.5. The second kappa shape index (κ2) is 4.21. The van der Waals surface area contributed by atoms with Gasteiger partial charge in [-0.1, -0.05) is 41.0 Å². The maximum atomic E-state index is 2.31. The lowest BCUT2D eigenvalue weighted by Crippen LogP contribution is -2.15. The largest absolute Gasteiger partial charge is 0.197 e. The fourth-order valence-corrected chi connectivity index (χ4v) is 0.612. The van der Waals surface area contributed by atoms with Gasteiger partial charge in [-0.15, -0.1) is 0 Å². The third-order valence-electron chi connectivity index (χ3n) is 2.09. The molecule has 0 aliphatic carbocycles. The van der Waals surface area contributed by atoms with Gasteiger partial charge in [-0.05, 0) is 11.3 Å². The maximum Gasteiger partial charge on any atom is -0.0357 e. The van der Waals surface area contributed by atoms with E-state index in [-0.39, 0.29) is 13.5 Å². The summed E-state index contributed by atoms with van der Waals surface area (Å²) in [7, 11) is 0. The summed E-state index contributed by atoms with van der Waals surface area (Å²) in [5.74, 6) is 0.850. The Morgan fingerprint density at radius 2 is 1.56 bits per heavy atom. The van der Waals surface area contributed by atoms with E-state index < -0.39 is 0 Å². The summed E-state index contributed by atoms with van der Waals surface area (Å²) >= 11 is 0. The molecule has 0 radical (unpaired) electrons. The highest BCUT2D eigenvalue weighted by Crippen LogP contribution is 2.27. The molecule has 0 aromatic carbocycles. The van der Waals surface area contributed by atoms with Gasteiger partial charge in [0.05, 0.1) is 0 Å². The zero-order valence-corrected chi connectivity index (χ0v) is 8.28. The Morgan fingerprint density at radius 1 is 1.22 bits per heavy atom. The van der Waals surface area contributed by atoms with Crippen molar-refractivity contribution in [1.82, 2.24) is 0 Å². The van der Waals surface area contributed by atoms with Crippen molar-refractivity contribution < 1.29 is 0 Å². The highest BCUT2D eigenvalue weighted by molar-refractivity contribution is 7.59. The lowest BCUT2D eigenvalue weighted by molar-refractivity contribution is 0.254. The van der Waals surface area contributed by atoms with Crippen LogP contribution < -0.4 is 0 Å². The zero-order chi connectivity index (χ0) is 6.78. The monoisotopic (exact) mass is 148 g/mol. The summed E-state index contributed by atoms with van der Waals surface area (Å²) < 4.78 is 0. The van der Waals surface area contributed by atoms with Crippen LogP contribution in [0.2, 0.25) is 0 Å². The zero-order valence-electron chi connectivity index (χ0n) is 7.28. The van der Waals surface area contributed by atoms with Crippen molar-refractivity contribution in [3.8, 4) is 0 Å². The van der Waals surface area contributed by atoms with Crippen LogP contribution in [0.25, 0.3) is 0 Å². The van der Waals surface area contributed by atoms with Gasteiger partial charge in [0.1, 0.15) is 0 Å². The van der Waals surface area contributed by atoms with Gasteiger partial charge >= 0.3 is 0 Å². The van der Waals surface area contributed by atoms with E-state index in [1.54, 1.807) is 0 Å². The third kappa shape index (κ3) is 4.83. The predicted octanol–water partition coefficient (Wildman–Crippen LogP) is 3.19. The van der Waals surface area contributed by atoms with Crippen LogP contribution in [0.15, 0.2) is 0 Å². The van der Waals surface area contributed by atoms with Crippen LogP contribution in [0.1, 0.15) is 41.0 Å². The first kappa shape index (κ1) is 12.1. The summed E-state index contributed by atoms with van der Waals surface area (Å²) in [6.45, 7) is 11.4. The molecule has 0 spiro atoms. The molecule has 0 rings (SSSR count). The van der Waals surface area contributed by atoms with Gasteiger partial charge in [0, 0.05) is 0 Å². The summed E-state index contributed by atoms with van der Waals surface area (Å²) in [6.07, 6.45) is 1.30. The van der Waals surface area contributed by atoms with E-state index >= 15 is 0 Å². The molecule has 0 bridgehead atoms. The van der Waals surface area contributed by atoms with Gasteiger partial charge < -0.3 is 0 Å². The number of rotatable bonds is 1. The fraction of sp³-hybridized carbons (Fsp3) is 1.00. The van der Waals surface area contributed by atoms with E-state index in [0.717, 1.165) is 5.92 Å². The Labute approximate surface area is 66.5 Å². The first-order valence-corrected chi connectivity index (χ1v) is 3.48. The first-order valence-electron chi connectivity index (χ1n) is 3.48. The van der Waals surface area contributed by atoms with Crippen molar-refractivity contribution in [3.63, 3.8) is 0 Å². The molecule has 1 atom stereocenters. The Kier molecular flexibility index (Phi) is 5.65. The summed E-state index contributed by atoms with van der Waals surface area (Å²) in [6, 6.07) is 0. The molecule has 0 fully saturated rings. The quantitative estimate of drug-likeness (QED) is 0.536. The predicted molar refractivity (Wildman–Crippen MR) is 49.3 cm³/mol. The highest BCUT2D eigenvalue weighted by atomic mass is 32.1. The smallest absolute Gasteiger partial charge is 0.0357 e. The third-order valence-corrected chi connectivity index (χ3v) is 2.09. The van der Waals surface area contributed by atoms with Crippen LogP contribution in [0.5, 0.6) is 0 Å². The van der Waals surface area contributed by atoms with Crippen molar-refractivity contribution in [3.05, 3.63) is 0 Å². The molecule has 0 aromatic rings. The number of hydrogen-bond acceptors (Lipinski definition) is 0. The minimum Gasteiger partial charge on any atom is -0.197 e. The fourth-order valence-electron chi connectivity index (χ4n) is 0.612. The molecule has 0 nitrogen and oxygen atoms in total. The summed E-state index contributed by atoms with van der Waals surface area (Å²) in [4.78, 5) is 0. The normalized spacial score (nSPS) is 14.3. The van der Waals surface area contributed by atoms with E-state index in [2.05, 4.69) is 34.6 Å². The number of hydrogen-bond donors (Lipinski definition) is 0. The van der Waals surface area contributed by atoms with Crippen molar-refractivity contribution in [2.45, 2.75) is 41.0 Å². The second-order valence-corrected chi connectivity index (χ2v) is 3.68. The minimum absolute atomic E-state index is 0. The van der Waals surface area contributed by atoms with Crippen LogP contribution in [-0.2, 0) is 0 Å². The van der Waals surface area contributed by atoms with Crippen LogP contribution in [0, 0.1) is 11.3 Å². The SMILES string of the molecule is CC[C@H](C)C(C)(C)C.S. The minimum atomic E-state index is 0. The molecular formula is C8H20S. The topological polar surface area (TPSA) is 0 Å². The van der Waals surface area contributed by atoms with Gasteiger partial charge in [0.15, 0.2) is 0 Å². The van der Waals surface area contributed by atoms with Crippen molar-refractivity contribution in [2.75, 3.05) is 0 Å². The summed E-state index contributed by atoms with van der Waals surface area (Å²) in [5.41, 5.74) is 0.509. The molecule has 0 N–H and O–H groups in total. The summed E-state index contributed by atoms with van der Waals surface area (Å²) in [5, 5.41) is 0. The van der Waals surface area contributed by atoms with Crippen molar-refractivity contribution >= 4 is 13.5 Å². The average Bonchev–Trinajstić information content (AvgIpc) is 1.62. The van der Waals surface area contributed by atoms with Crippen molar-refractivity contribution in [2.24, 2.45) is 11.3 Å². The van der Waals surface area contributed by atoms with Gasteiger partial charge in [0.25, 0.3) is 0 Å². The standard InChI is InChI=1S/C8H18.H2S/c1-6-7(2)8(3,4)5;/h7H,6H2,1-5H3;1H2/t7-;/m0./s1. The lowest BCUT2D eigenvalue weighted by atomic mass is 9.81. The molecule has 0 saturated heterocycles. The van der Waals surface area contributed by atoms with E-state index in [0.29, 0.717) is 5.41 Å². The van der Waals surface area contributed by atoms with Crippen LogP contribution in [-0.4, -0.2) is 0 Å². The van der Waals surface area contributed by atoms with E-state index in [4.69, 9.17) is 0 Å². The molecule has 0 aliphatic heterocycles. The molecule has 9 heavy (non-hydrogen) atoms. The molecule has 0 saturated carbocycles. The Balaban J connectivity index is 0. The van der Waals surface area contributed by atoms with E-state index in [1.807, 2.05) is 0 Å².